The summed E-state index contributed by atoms with van der Waals surface area (Å²) in [4.78, 5) is 11.9. The SMILES string of the molecule is CCCCC(CC)Cc1ccc2c(c1C(=O)[O-])Cc1ccccc1O2.[K+]. The molecule has 1 atom stereocenters. The summed E-state index contributed by atoms with van der Waals surface area (Å²) in [5.74, 6) is 0.859. The van der Waals surface area contributed by atoms with E-state index in [4.69, 9.17) is 4.74 Å². The van der Waals surface area contributed by atoms with E-state index in [0.717, 1.165) is 41.7 Å². The molecule has 1 aliphatic heterocycles. The van der Waals surface area contributed by atoms with E-state index in [1.807, 2.05) is 36.4 Å². The van der Waals surface area contributed by atoms with Crippen LogP contribution in [0.3, 0.4) is 0 Å². The van der Waals surface area contributed by atoms with Gasteiger partial charge in [0.25, 0.3) is 0 Å². The van der Waals surface area contributed by atoms with Gasteiger partial charge in [0.05, 0.1) is 5.97 Å². The fourth-order valence-corrected chi connectivity index (χ4v) is 3.69. The number of unbranched alkanes of at least 4 members (excludes halogenated alkanes) is 1. The first-order chi connectivity index (χ1) is 12.1. The summed E-state index contributed by atoms with van der Waals surface area (Å²) in [5, 5.41) is 11.9. The Labute approximate surface area is 198 Å². The summed E-state index contributed by atoms with van der Waals surface area (Å²) in [6.07, 6.45) is 5.90. The Morgan fingerprint density at radius 3 is 2.62 bits per heavy atom. The maximum atomic E-state index is 11.9. The molecule has 2 aromatic carbocycles. The number of hydrogen-bond donors (Lipinski definition) is 0. The molecule has 0 bridgehead atoms. The maximum absolute atomic E-state index is 11.9. The first kappa shape index (κ1) is 21.6. The summed E-state index contributed by atoms with van der Waals surface area (Å²) in [6, 6.07) is 11.6. The van der Waals surface area contributed by atoms with Gasteiger partial charge < -0.3 is 14.6 Å². The van der Waals surface area contributed by atoms with Crippen molar-refractivity contribution < 1.29 is 66.0 Å². The van der Waals surface area contributed by atoms with E-state index in [0.29, 0.717) is 23.7 Å². The van der Waals surface area contributed by atoms with Crippen molar-refractivity contribution in [2.45, 2.75) is 52.4 Å². The van der Waals surface area contributed by atoms with Crippen molar-refractivity contribution in [1.82, 2.24) is 0 Å². The van der Waals surface area contributed by atoms with Crippen molar-refractivity contribution >= 4 is 5.97 Å². The zero-order valence-corrected chi connectivity index (χ0v) is 19.1. The Bertz CT molecular complexity index is 770. The number of aromatic carboxylic acids is 1. The first-order valence-electron chi connectivity index (χ1n) is 9.25. The number of rotatable bonds is 7. The van der Waals surface area contributed by atoms with Gasteiger partial charge in [-0.25, -0.2) is 0 Å². The quantitative estimate of drug-likeness (QED) is 0.588. The fraction of sp³-hybridized carbons (Fsp3) is 0.409. The molecule has 26 heavy (non-hydrogen) atoms. The van der Waals surface area contributed by atoms with Crippen molar-refractivity contribution in [3.05, 3.63) is 58.7 Å². The van der Waals surface area contributed by atoms with Crippen molar-refractivity contribution in [2.75, 3.05) is 0 Å². The van der Waals surface area contributed by atoms with Gasteiger partial charge in [0.1, 0.15) is 11.5 Å². The first-order valence-corrected chi connectivity index (χ1v) is 9.25. The van der Waals surface area contributed by atoms with E-state index in [-0.39, 0.29) is 51.4 Å². The van der Waals surface area contributed by atoms with E-state index in [2.05, 4.69) is 13.8 Å². The second-order valence-corrected chi connectivity index (χ2v) is 6.87. The molecule has 0 amide bonds. The number of benzene rings is 2. The minimum absolute atomic E-state index is 0. The van der Waals surface area contributed by atoms with Crippen LogP contribution in [-0.4, -0.2) is 5.97 Å². The normalized spacial score (nSPS) is 13.0. The molecule has 0 spiro atoms. The van der Waals surface area contributed by atoms with E-state index < -0.39 is 5.97 Å². The second-order valence-electron chi connectivity index (χ2n) is 6.87. The Balaban J connectivity index is 0.00000243. The standard InChI is InChI=1S/C22H26O3.K/c1-3-5-8-15(4-2)13-17-11-12-20-18(21(17)22(23)24)14-16-9-6-7-10-19(16)25-20;/h6-7,9-12,15H,3-5,8,13-14H2,1-2H3,(H,23,24);/q;+1/p-1. The van der Waals surface area contributed by atoms with Gasteiger partial charge in [-0.1, -0.05) is 63.8 Å². The topological polar surface area (TPSA) is 49.4 Å². The van der Waals surface area contributed by atoms with Crippen LogP contribution in [0.1, 0.15) is 66.6 Å². The van der Waals surface area contributed by atoms with Gasteiger partial charge in [-0.2, -0.15) is 0 Å². The van der Waals surface area contributed by atoms with Crippen LogP contribution in [0.2, 0.25) is 0 Å². The number of ether oxygens (including phenoxy) is 1. The number of carbonyl (C=O) groups is 1. The van der Waals surface area contributed by atoms with Gasteiger partial charge in [0.2, 0.25) is 0 Å². The third kappa shape index (κ3) is 4.79. The van der Waals surface area contributed by atoms with Gasteiger partial charge >= 0.3 is 51.4 Å². The van der Waals surface area contributed by atoms with Crippen LogP contribution >= 0.6 is 0 Å². The molecule has 0 saturated carbocycles. The van der Waals surface area contributed by atoms with Crippen LogP contribution in [0.25, 0.3) is 0 Å². The zero-order valence-electron chi connectivity index (χ0n) is 16.0. The molecule has 0 radical (unpaired) electrons. The third-order valence-electron chi connectivity index (χ3n) is 5.17. The molecule has 2 aromatic rings. The molecular formula is C22H25KO3. The summed E-state index contributed by atoms with van der Waals surface area (Å²) in [6.45, 7) is 4.36. The maximum Gasteiger partial charge on any atom is 1.00 e. The summed E-state index contributed by atoms with van der Waals surface area (Å²) >= 11 is 0. The van der Waals surface area contributed by atoms with Crippen LogP contribution in [0, 0.1) is 5.92 Å². The summed E-state index contributed by atoms with van der Waals surface area (Å²) in [5.41, 5.74) is 2.99. The van der Waals surface area contributed by atoms with E-state index in [1.54, 1.807) is 0 Å². The third-order valence-corrected chi connectivity index (χ3v) is 5.17. The number of hydrogen-bond acceptors (Lipinski definition) is 3. The van der Waals surface area contributed by atoms with Crippen LogP contribution in [0.15, 0.2) is 36.4 Å². The molecule has 132 valence electrons. The van der Waals surface area contributed by atoms with Gasteiger partial charge in [-0.3, -0.25) is 0 Å². The molecule has 1 aliphatic rings. The molecule has 0 aromatic heterocycles. The number of para-hydroxylation sites is 1. The molecule has 0 aliphatic carbocycles. The summed E-state index contributed by atoms with van der Waals surface area (Å²) < 4.78 is 5.93. The molecular weight excluding hydrogens is 351 g/mol. The Morgan fingerprint density at radius 2 is 1.92 bits per heavy atom. The van der Waals surface area contributed by atoms with Crippen molar-refractivity contribution in [3.63, 3.8) is 0 Å². The minimum atomic E-state index is -1.10. The Morgan fingerprint density at radius 1 is 1.15 bits per heavy atom. The van der Waals surface area contributed by atoms with Gasteiger partial charge in [0.15, 0.2) is 0 Å². The zero-order chi connectivity index (χ0) is 17.8. The summed E-state index contributed by atoms with van der Waals surface area (Å²) in [7, 11) is 0. The number of carboxylic acid groups (broad SMARTS) is 1. The second kappa shape index (κ2) is 10.0. The van der Waals surface area contributed by atoms with Gasteiger partial charge in [0, 0.05) is 17.5 Å². The Kier molecular flexibility index (Phi) is 8.36. The fourth-order valence-electron chi connectivity index (χ4n) is 3.69. The van der Waals surface area contributed by atoms with Crippen LogP contribution in [0.4, 0.5) is 0 Å². The van der Waals surface area contributed by atoms with Crippen molar-refractivity contribution in [2.24, 2.45) is 5.92 Å². The molecule has 0 N–H and O–H groups in total. The Hall–Kier alpha value is -0.654. The number of fused-ring (bicyclic) bond motifs is 2. The molecule has 3 nitrogen and oxygen atoms in total. The molecule has 1 heterocycles. The predicted octanol–water partition coefficient (Wildman–Crippen LogP) is 1.51. The molecule has 0 fully saturated rings. The molecule has 0 saturated heterocycles. The number of carbonyl (C=O) groups excluding carboxylic acids is 1. The average Bonchev–Trinajstić information content (AvgIpc) is 2.62. The van der Waals surface area contributed by atoms with Crippen LogP contribution in [0.5, 0.6) is 11.5 Å². The predicted molar refractivity (Wildman–Crippen MR) is 97.1 cm³/mol. The monoisotopic (exact) mass is 376 g/mol. The average molecular weight is 377 g/mol. The van der Waals surface area contributed by atoms with Gasteiger partial charge in [-0.05, 0) is 35.6 Å². The van der Waals surface area contributed by atoms with E-state index in [9.17, 15) is 9.90 Å². The van der Waals surface area contributed by atoms with Crippen molar-refractivity contribution in [1.29, 1.82) is 0 Å². The minimum Gasteiger partial charge on any atom is -0.545 e. The largest absolute Gasteiger partial charge is 1.00 e. The van der Waals surface area contributed by atoms with E-state index in [1.165, 1.54) is 12.8 Å². The molecule has 1 unspecified atom stereocenters. The van der Waals surface area contributed by atoms with Crippen LogP contribution < -0.4 is 61.2 Å². The van der Waals surface area contributed by atoms with Crippen molar-refractivity contribution in [3.8, 4) is 11.5 Å². The smallest absolute Gasteiger partial charge is 0.545 e. The number of carboxylic acids is 1. The van der Waals surface area contributed by atoms with Crippen LogP contribution in [-0.2, 0) is 12.8 Å². The molecule has 3 rings (SSSR count). The van der Waals surface area contributed by atoms with E-state index >= 15 is 0 Å². The molecule has 4 heteroatoms. The van der Waals surface area contributed by atoms with Gasteiger partial charge in [-0.15, -0.1) is 0 Å².